The zero-order valence-electron chi connectivity index (χ0n) is 40.3. The topological polar surface area (TPSA) is 131 Å². The zero-order valence-corrected chi connectivity index (χ0v) is 41.2. The number of rotatable bonds is 29. The number of hydrogen-bond donors (Lipinski definition) is 1. The highest BCUT2D eigenvalue weighted by molar-refractivity contribution is 7.45. The van der Waals surface area contributed by atoms with Gasteiger partial charge in [0.1, 0.15) is 19.3 Å². The van der Waals surface area contributed by atoms with Crippen molar-refractivity contribution < 1.29 is 47.2 Å². The number of carboxylic acid groups (broad SMARTS) is 1. The summed E-state index contributed by atoms with van der Waals surface area (Å²) in [6.45, 7) is 14.2. The van der Waals surface area contributed by atoms with Gasteiger partial charge in [-0.05, 0) is 104 Å². The SMILES string of the molecule is CCCCCCCCCCCCCC(=O)OC(C(=O)O)[C@H](COP(=O)([O-])OCC[N+](C)(C)C)OC1CC[C@@]2(C)C(=CCC3C2CC[C@@]2(C)C3CC[C@@H]2[C@H](C)CCCC(C)C)C1. The van der Waals surface area contributed by atoms with Gasteiger partial charge in [-0.25, -0.2) is 4.79 Å². The molecule has 11 heteroatoms. The second kappa shape index (κ2) is 24.3. The molecule has 3 saturated carbocycles. The lowest BCUT2D eigenvalue weighted by molar-refractivity contribution is -0.870. The molecule has 0 saturated heterocycles. The van der Waals surface area contributed by atoms with Crippen LogP contribution in [0.3, 0.4) is 0 Å². The molecule has 354 valence electrons. The van der Waals surface area contributed by atoms with Crippen LogP contribution in [0.2, 0.25) is 0 Å². The Balaban J connectivity index is 1.39. The van der Waals surface area contributed by atoms with Gasteiger partial charge in [-0.2, -0.15) is 0 Å². The van der Waals surface area contributed by atoms with Crippen molar-refractivity contribution in [3.05, 3.63) is 11.6 Å². The quantitative estimate of drug-likeness (QED) is 0.0256. The Morgan fingerprint density at radius 3 is 2.15 bits per heavy atom. The first-order valence-electron chi connectivity index (χ1n) is 25.0. The third kappa shape index (κ3) is 15.7. The second-order valence-corrected chi connectivity index (χ2v) is 23.4. The van der Waals surface area contributed by atoms with E-state index in [4.69, 9.17) is 18.5 Å². The summed E-state index contributed by atoms with van der Waals surface area (Å²) in [6.07, 6.45) is 24.2. The highest BCUT2D eigenvalue weighted by Gasteiger charge is 2.59. The molecule has 0 aliphatic heterocycles. The molecule has 0 bridgehead atoms. The van der Waals surface area contributed by atoms with Gasteiger partial charge in [-0.1, -0.05) is 137 Å². The molecule has 3 fully saturated rings. The number of carboxylic acids is 1. The van der Waals surface area contributed by atoms with Crippen LogP contribution in [0.5, 0.6) is 0 Å². The highest BCUT2D eigenvalue weighted by Crippen LogP contribution is 2.67. The number of hydrogen-bond acceptors (Lipinski definition) is 8. The van der Waals surface area contributed by atoms with Gasteiger partial charge in [-0.15, -0.1) is 0 Å². The summed E-state index contributed by atoms with van der Waals surface area (Å²) in [4.78, 5) is 38.8. The first kappa shape index (κ1) is 52.3. The Bertz CT molecular complexity index is 1430. The van der Waals surface area contributed by atoms with Crippen LogP contribution in [0.4, 0.5) is 0 Å². The molecule has 0 aromatic rings. The van der Waals surface area contributed by atoms with Crippen LogP contribution in [-0.2, 0) is 32.7 Å². The van der Waals surface area contributed by atoms with Crippen molar-refractivity contribution in [2.24, 2.45) is 46.3 Å². The molecule has 0 aromatic carbocycles. The number of ether oxygens (including phenoxy) is 2. The summed E-state index contributed by atoms with van der Waals surface area (Å²) < 4.78 is 36.0. The first-order chi connectivity index (χ1) is 28.8. The molecule has 4 aliphatic rings. The van der Waals surface area contributed by atoms with E-state index in [1.807, 2.05) is 21.1 Å². The van der Waals surface area contributed by atoms with Gasteiger partial charge in [0.2, 0.25) is 6.10 Å². The Morgan fingerprint density at radius 2 is 1.52 bits per heavy atom. The monoisotopic (exact) mass is 880 g/mol. The van der Waals surface area contributed by atoms with Crippen molar-refractivity contribution in [1.29, 1.82) is 0 Å². The molecule has 0 aromatic heterocycles. The van der Waals surface area contributed by atoms with Gasteiger partial charge in [0.25, 0.3) is 7.82 Å². The third-order valence-corrected chi connectivity index (χ3v) is 16.8. The number of phosphoric ester groups is 1. The van der Waals surface area contributed by atoms with Crippen LogP contribution in [0.15, 0.2) is 11.6 Å². The predicted molar refractivity (Wildman–Crippen MR) is 243 cm³/mol. The number of unbranched alkanes of at least 4 members (excludes halogenated alkanes) is 10. The zero-order chi connectivity index (χ0) is 44.8. The fourth-order valence-corrected chi connectivity index (χ4v) is 13.0. The molecule has 4 rings (SSSR count). The molecule has 0 spiro atoms. The number of allylic oxidation sites excluding steroid dienone is 1. The Kier molecular flexibility index (Phi) is 20.8. The van der Waals surface area contributed by atoms with Crippen molar-refractivity contribution in [1.82, 2.24) is 0 Å². The molecule has 0 heterocycles. The summed E-state index contributed by atoms with van der Waals surface area (Å²) in [7, 11) is 0.976. The number of phosphoric acid groups is 1. The van der Waals surface area contributed by atoms with Gasteiger partial charge in [0.05, 0.1) is 33.9 Å². The maximum Gasteiger partial charge on any atom is 0.347 e. The summed E-state index contributed by atoms with van der Waals surface area (Å²) in [5.74, 6) is 2.36. The Morgan fingerprint density at radius 1 is 0.869 bits per heavy atom. The standard InChI is InChI=1S/C50H90NO9P/c1-10-11-12-13-14-15-16-17-18-19-20-24-46(52)60-47(48(53)54)45(36-58-61(55,56)57-34-33-51(7,8)9)59-40-29-31-49(5)39(35-40)25-26-41-43-28-27-42(38(4)23-21-22-37(2)3)50(43,6)32-30-44(41)49/h25,37-38,40-45,47H,10-24,26-36H2,1-9H3,(H-,53,54,55,56)/t38-,40?,41?,42-,43?,44?,45+,47?,49+,50-/m1/s1. The van der Waals surface area contributed by atoms with Gasteiger partial charge < -0.3 is 33.0 Å². The summed E-state index contributed by atoms with van der Waals surface area (Å²) in [6, 6.07) is 0. The minimum atomic E-state index is -4.80. The van der Waals surface area contributed by atoms with Gasteiger partial charge in [-0.3, -0.25) is 9.36 Å². The fraction of sp³-hybridized carbons (Fsp3) is 0.920. The van der Waals surface area contributed by atoms with Crippen molar-refractivity contribution in [2.75, 3.05) is 40.9 Å². The van der Waals surface area contributed by atoms with Crippen LogP contribution in [0, 0.1) is 46.3 Å². The lowest BCUT2D eigenvalue weighted by Gasteiger charge is -2.58. The highest BCUT2D eigenvalue weighted by atomic mass is 31.2. The lowest BCUT2D eigenvalue weighted by atomic mass is 9.47. The summed E-state index contributed by atoms with van der Waals surface area (Å²) in [5.41, 5.74) is 1.83. The minimum Gasteiger partial charge on any atom is -0.756 e. The number of likely N-dealkylation sites (N-methyl/N-ethyl adjacent to an activating group) is 1. The van der Waals surface area contributed by atoms with E-state index < -0.39 is 38.6 Å². The van der Waals surface area contributed by atoms with E-state index in [1.165, 1.54) is 95.5 Å². The van der Waals surface area contributed by atoms with Crippen LogP contribution >= 0.6 is 7.82 Å². The average molecular weight is 880 g/mol. The smallest absolute Gasteiger partial charge is 0.347 e. The second-order valence-electron chi connectivity index (χ2n) is 22.0. The first-order valence-corrected chi connectivity index (χ1v) is 26.4. The number of carbonyl (C=O) groups excluding carboxylic acids is 1. The molecule has 61 heavy (non-hydrogen) atoms. The maximum atomic E-state index is 13.1. The van der Waals surface area contributed by atoms with Crippen LogP contribution in [0.1, 0.15) is 189 Å². The van der Waals surface area contributed by atoms with Crippen molar-refractivity contribution >= 4 is 19.8 Å². The van der Waals surface area contributed by atoms with Crippen LogP contribution in [0.25, 0.3) is 0 Å². The predicted octanol–water partition coefficient (Wildman–Crippen LogP) is 11.7. The summed E-state index contributed by atoms with van der Waals surface area (Å²) in [5, 5.41) is 10.4. The van der Waals surface area contributed by atoms with E-state index in [0.29, 0.717) is 47.5 Å². The Labute approximate surface area is 372 Å². The van der Waals surface area contributed by atoms with Crippen molar-refractivity contribution in [2.45, 2.75) is 208 Å². The molecule has 1 N–H and O–H groups in total. The Hall–Kier alpha value is -1.29. The maximum absolute atomic E-state index is 13.1. The normalized spacial score (nSPS) is 30.1. The van der Waals surface area contributed by atoms with Crippen molar-refractivity contribution in [3.63, 3.8) is 0 Å². The van der Waals surface area contributed by atoms with Crippen LogP contribution in [-0.4, -0.2) is 80.7 Å². The lowest BCUT2D eigenvalue weighted by Crippen LogP contribution is -2.51. The molecule has 4 aliphatic carbocycles. The van der Waals surface area contributed by atoms with E-state index in [-0.39, 0.29) is 24.5 Å². The van der Waals surface area contributed by atoms with E-state index in [9.17, 15) is 24.2 Å². The van der Waals surface area contributed by atoms with Gasteiger partial charge in [0.15, 0.2) is 0 Å². The van der Waals surface area contributed by atoms with Gasteiger partial charge in [0, 0.05) is 6.42 Å². The molecular weight excluding hydrogens is 790 g/mol. The number of esters is 1. The number of carbonyl (C=O) groups is 2. The van der Waals surface area contributed by atoms with Crippen molar-refractivity contribution in [3.8, 4) is 0 Å². The summed E-state index contributed by atoms with van der Waals surface area (Å²) >= 11 is 0. The minimum absolute atomic E-state index is 0.0501. The van der Waals surface area contributed by atoms with Crippen LogP contribution < -0.4 is 4.89 Å². The van der Waals surface area contributed by atoms with E-state index in [2.05, 4.69) is 47.6 Å². The van der Waals surface area contributed by atoms with Gasteiger partial charge >= 0.3 is 11.9 Å². The van der Waals surface area contributed by atoms with E-state index in [1.54, 1.807) is 0 Å². The molecule has 6 unspecified atom stereocenters. The molecule has 10 nitrogen and oxygen atoms in total. The average Bonchev–Trinajstić information content (AvgIpc) is 3.54. The molecule has 0 amide bonds. The number of fused-ring (bicyclic) bond motifs is 5. The molecule has 0 radical (unpaired) electrons. The largest absolute Gasteiger partial charge is 0.756 e. The molecular formula is C50H90NO9P. The number of nitrogens with zero attached hydrogens (tertiary/aromatic N) is 1. The van der Waals surface area contributed by atoms with E-state index in [0.717, 1.165) is 55.8 Å². The van der Waals surface area contributed by atoms with E-state index >= 15 is 0 Å². The fourth-order valence-electron chi connectivity index (χ4n) is 12.3. The molecule has 11 atom stereocenters. The number of aliphatic carboxylic acids is 1. The third-order valence-electron chi connectivity index (χ3n) is 15.9. The number of quaternary nitrogens is 1.